The molecule has 0 bridgehead atoms. The van der Waals surface area contributed by atoms with Crippen LogP contribution in [0.1, 0.15) is 25.3 Å². The first kappa shape index (κ1) is 15.2. The summed E-state index contributed by atoms with van der Waals surface area (Å²) >= 11 is 0. The number of rotatable bonds is 6. The minimum atomic E-state index is -0.0576. The second kappa shape index (κ2) is 6.98. The number of hydrogen-bond donors (Lipinski definition) is 1. The van der Waals surface area contributed by atoms with Crippen molar-refractivity contribution >= 4 is 6.03 Å². The summed E-state index contributed by atoms with van der Waals surface area (Å²) in [6, 6.07) is 9.21. The quantitative estimate of drug-likeness (QED) is 0.817. The van der Waals surface area contributed by atoms with Crippen LogP contribution >= 0.6 is 0 Å². The first-order valence-electron chi connectivity index (χ1n) is 7.25. The molecule has 1 aromatic rings. The van der Waals surface area contributed by atoms with E-state index in [0.717, 1.165) is 0 Å². The number of hydrogen-bond acceptors (Lipinski definition) is 3. The van der Waals surface area contributed by atoms with Gasteiger partial charge >= 0.3 is 6.03 Å². The molecule has 1 fully saturated rings. The molecular formula is C16H21N3O2. The number of ether oxygens (including phenoxy) is 1. The molecular weight excluding hydrogens is 266 g/mol. The van der Waals surface area contributed by atoms with Crippen LogP contribution in [0, 0.1) is 17.2 Å². The molecule has 5 nitrogen and oxygen atoms in total. The number of carbonyl (C=O) groups is 1. The number of amides is 2. The van der Waals surface area contributed by atoms with Crippen molar-refractivity contribution in [2.45, 2.75) is 25.8 Å². The standard InChI is InChI=1S/C16H21N3O2/c1-12(14-5-6-14)19(2)16(20)18-9-10-21-15-7-3-13(11-17)4-8-15/h3-4,7-8,12,14H,5-6,9-10H2,1-2H3,(H,18,20)/t12-/m0/s1. The number of carbonyl (C=O) groups excluding carboxylic acids is 1. The van der Waals surface area contributed by atoms with E-state index in [-0.39, 0.29) is 6.03 Å². The molecule has 1 aliphatic carbocycles. The van der Waals surface area contributed by atoms with E-state index in [4.69, 9.17) is 10.00 Å². The van der Waals surface area contributed by atoms with Gasteiger partial charge in [0.2, 0.25) is 0 Å². The molecule has 0 aromatic heterocycles. The van der Waals surface area contributed by atoms with E-state index in [0.29, 0.717) is 36.4 Å². The molecule has 1 atom stereocenters. The summed E-state index contributed by atoms with van der Waals surface area (Å²) in [5, 5.41) is 11.5. The molecule has 1 N–H and O–H groups in total. The van der Waals surface area contributed by atoms with E-state index >= 15 is 0 Å². The van der Waals surface area contributed by atoms with Crippen LogP contribution in [-0.2, 0) is 0 Å². The van der Waals surface area contributed by atoms with E-state index < -0.39 is 0 Å². The largest absolute Gasteiger partial charge is 0.492 e. The van der Waals surface area contributed by atoms with Gasteiger partial charge in [-0.1, -0.05) is 0 Å². The van der Waals surface area contributed by atoms with Crippen LogP contribution in [0.3, 0.4) is 0 Å². The predicted octanol–water partition coefficient (Wildman–Crippen LogP) is 2.38. The maximum Gasteiger partial charge on any atom is 0.317 e. The van der Waals surface area contributed by atoms with Gasteiger partial charge in [0, 0.05) is 13.1 Å². The summed E-state index contributed by atoms with van der Waals surface area (Å²) in [7, 11) is 1.83. The van der Waals surface area contributed by atoms with Gasteiger partial charge < -0.3 is 15.0 Å². The average molecular weight is 287 g/mol. The van der Waals surface area contributed by atoms with Crippen molar-refractivity contribution in [2.24, 2.45) is 5.92 Å². The predicted molar refractivity (Wildman–Crippen MR) is 80.0 cm³/mol. The van der Waals surface area contributed by atoms with Gasteiger partial charge in [0.25, 0.3) is 0 Å². The van der Waals surface area contributed by atoms with E-state index in [1.165, 1.54) is 12.8 Å². The van der Waals surface area contributed by atoms with Crippen molar-refractivity contribution in [2.75, 3.05) is 20.2 Å². The highest BCUT2D eigenvalue weighted by Gasteiger charge is 2.32. The number of nitriles is 1. The van der Waals surface area contributed by atoms with E-state index in [9.17, 15) is 4.79 Å². The van der Waals surface area contributed by atoms with Gasteiger partial charge in [-0.3, -0.25) is 0 Å². The second-order valence-corrected chi connectivity index (χ2v) is 5.41. The third kappa shape index (κ3) is 4.38. The monoisotopic (exact) mass is 287 g/mol. The zero-order chi connectivity index (χ0) is 15.2. The molecule has 5 heteroatoms. The van der Waals surface area contributed by atoms with Crippen LogP contribution < -0.4 is 10.1 Å². The smallest absolute Gasteiger partial charge is 0.317 e. The Morgan fingerprint density at radius 3 is 2.71 bits per heavy atom. The lowest BCUT2D eigenvalue weighted by Crippen LogP contribution is -2.44. The highest BCUT2D eigenvalue weighted by Crippen LogP contribution is 2.34. The summed E-state index contributed by atoms with van der Waals surface area (Å²) in [5.41, 5.74) is 0.603. The summed E-state index contributed by atoms with van der Waals surface area (Å²) < 4.78 is 5.51. The Balaban J connectivity index is 1.66. The van der Waals surface area contributed by atoms with E-state index in [1.54, 1.807) is 29.2 Å². The van der Waals surface area contributed by atoms with Crippen molar-refractivity contribution in [1.29, 1.82) is 5.26 Å². The Morgan fingerprint density at radius 2 is 2.14 bits per heavy atom. The molecule has 1 aromatic carbocycles. The molecule has 2 amide bonds. The molecule has 112 valence electrons. The lowest BCUT2D eigenvalue weighted by molar-refractivity contribution is 0.185. The van der Waals surface area contributed by atoms with Crippen LogP contribution in [0.25, 0.3) is 0 Å². The molecule has 0 aliphatic heterocycles. The number of nitrogens with one attached hydrogen (secondary N) is 1. The summed E-state index contributed by atoms with van der Waals surface area (Å²) in [4.78, 5) is 13.7. The second-order valence-electron chi connectivity index (χ2n) is 5.41. The molecule has 0 saturated heterocycles. The minimum absolute atomic E-state index is 0.0576. The summed E-state index contributed by atoms with van der Waals surface area (Å²) in [5.74, 6) is 1.36. The summed E-state index contributed by atoms with van der Waals surface area (Å²) in [6.07, 6.45) is 2.45. The number of nitrogens with zero attached hydrogens (tertiary/aromatic N) is 2. The highest BCUT2D eigenvalue weighted by molar-refractivity contribution is 5.74. The molecule has 2 rings (SSSR count). The molecule has 0 unspecified atom stereocenters. The number of benzene rings is 1. The minimum Gasteiger partial charge on any atom is -0.492 e. The molecule has 0 heterocycles. The first-order valence-corrected chi connectivity index (χ1v) is 7.25. The maximum atomic E-state index is 11.9. The fourth-order valence-corrected chi connectivity index (χ4v) is 2.16. The Hall–Kier alpha value is -2.22. The van der Waals surface area contributed by atoms with Crippen molar-refractivity contribution in [3.63, 3.8) is 0 Å². The van der Waals surface area contributed by atoms with E-state index in [1.807, 2.05) is 7.05 Å². The Labute approximate surface area is 125 Å². The fraction of sp³-hybridized carbons (Fsp3) is 0.500. The van der Waals surface area contributed by atoms with Gasteiger partial charge in [0.1, 0.15) is 12.4 Å². The van der Waals surface area contributed by atoms with Gasteiger partial charge in [-0.2, -0.15) is 5.26 Å². The lowest BCUT2D eigenvalue weighted by atomic mass is 10.2. The van der Waals surface area contributed by atoms with Crippen molar-refractivity contribution < 1.29 is 9.53 Å². The van der Waals surface area contributed by atoms with Crippen LogP contribution in [0.15, 0.2) is 24.3 Å². The maximum absolute atomic E-state index is 11.9. The van der Waals surface area contributed by atoms with Crippen LogP contribution in [0.2, 0.25) is 0 Å². The van der Waals surface area contributed by atoms with Crippen LogP contribution in [0.5, 0.6) is 5.75 Å². The van der Waals surface area contributed by atoms with Crippen molar-refractivity contribution in [3.05, 3.63) is 29.8 Å². The lowest BCUT2D eigenvalue weighted by Gasteiger charge is -2.25. The highest BCUT2D eigenvalue weighted by atomic mass is 16.5. The van der Waals surface area contributed by atoms with Gasteiger partial charge in [0.15, 0.2) is 0 Å². The van der Waals surface area contributed by atoms with Gasteiger partial charge in [0.05, 0.1) is 18.2 Å². The van der Waals surface area contributed by atoms with Crippen molar-refractivity contribution in [3.8, 4) is 11.8 Å². The van der Waals surface area contributed by atoms with Crippen LogP contribution in [-0.4, -0.2) is 37.2 Å². The SMILES string of the molecule is C[C@@H](C1CC1)N(C)C(=O)NCCOc1ccc(C#N)cc1. The Bertz CT molecular complexity index is 517. The molecule has 1 saturated carbocycles. The van der Waals surface area contributed by atoms with Gasteiger partial charge in [-0.25, -0.2) is 4.79 Å². The first-order chi connectivity index (χ1) is 10.1. The Kier molecular flexibility index (Phi) is 5.04. The van der Waals surface area contributed by atoms with E-state index in [2.05, 4.69) is 18.3 Å². The van der Waals surface area contributed by atoms with Gasteiger partial charge in [-0.05, 0) is 49.9 Å². The zero-order valence-corrected chi connectivity index (χ0v) is 12.5. The molecule has 0 radical (unpaired) electrons. The number of urea groups is 1. The van der Waals surface area contributed by atoms with Crippen LogP contribution in [0.4, 0.5) is 4.79 Å². The normalized spacial score (nSPS) is 14.9. The van der Waals surface area contributed by atoms with Crippen molar-refractivity contribution in [1.82, 2.24) is 10.2 Å². The molecule has 21 heavy (non-hydrogen) atoms. The molecule has 1 aliphatic rings. The summed E-state index contributed by atoms with van der Waals surface area (Å²) in [6.45, 7) is 2.95. The zero-order valence-electron chi connectivity index (χ0n) is 12.5. The van der Waals surface area contributed by atoms with Gasteiger partial charge in [-0.15, -0.1) is 0 Å². The fourth-order valence-electron chi connectivity index (χ4n) is 2.16. The third-order valence-corrected chi connectivity index (χ3v) is 3.87. The topological polar surface area (TPSA) is 65.4 Å². The Morgan fingerprint density at radius 1 is 1.48 bits per heavy atom. The third-order valence-electron chi connectivity index (χ3n) is 3.87. The average Bonchev–Trinajstić information content (AvgIpc) is 3.35. The molecule has 0 spiro atoms.